The summed E-state index contributed by atoms with van der Waals surface area (Å²) in [4.78, 5) is 26.0. The molecule has 2 heterocycles. The molecule has 1 amide bonds. The van der Waals surface area contributed by atoms with Crippen LogP contribution < -0.4 is 5.32 Å². The Kier molecular flexibility index (Phi) is 5.56. The Balaban J connectivity index is 1.49. The molecule has 1 fully saturated rings. The SMILES string of the molecule is Cc1nn(-c2ccc(F)cc2F)c2c1[C@@H](C(=O)c1ccc(C3CCCCC3)cc1)CC(=O)N2. The van der Waals surface area contributed by atoms with Crippen LogP contribution in [-0.2, 0) is 4.79 Å². The first-order valence-electron chi connectivity index (χ1n) is 11.4. The number of carbonyl (C=O) groups is 2. The number of halogens is 2. The minimum Gasteiger partial charge on any atom is -0.310 e. The van der Waals surface area contributed by atoms with E-state index in [2.05, 4.69) is 10.4 Å². The topological polar surface area (TPSA) is 64.0 Å². The average Bonchev–Trinajstić information content (AvgIpc) is 3.14. The number of amides is 1. The molecule has 1 aliphatic heterocycles. The molecule has 33 heavy (non-hydrogen) atoms. The number of rotatable bonds is 4. The molecule has 0 radical (unpaired) electrons. The number of aromatic nitrogens is 2. The van der Waals surface area contributed by atoms with E-state index in [-0.39, 0.29) is 29.6 Å². The molecule has 1 N–H and O–H groups in total. The third-order valence-corrected chi connectivity index (χ3v) is 6.83. The van der Waals surface area contributed by atoms with Gasteiger partial charge in [0.05, 0.1) is 11.6 Å². The fourth-order valence-electron chi connectivity index (χ4n) is 5.16. The highest BCUT2D eigenvalue weighted by molar-refractivity contribution is 6.08. The largest absolute Gasteiger partial charge is 0.310 e. The molecular weight excluding hydrogens is 424 g/mol. The van der Waals surface area contributed by atoms with Gasteiger partial charge in [-0.1, -0.05) is 43.5 Å². The van der Waals surface area contributed by atoms with Gasteiger partial charge in [-0.15, -0.1) is 0 Å². The highest BCUT2D eigenvalue weighted by Crippen LogP contribution is 2.39. The maximum atomic E-state index is 14.4. The molecule has 1 saturated carbocycles. The highest BCUT2D eigenvalue weighted by atomic mass is 19.1. The summed E-state index contributed by atoms with van der Waals surface area (Å²) in [5.74, 6) is -1.94. The fourth-order valence-corrected chi connectivity index (χ4v) is 5.16. The first-order chi connectivity index (χ1) is 15.9. The molecule has 170 valence electrons. The van der Waals surface area contributed by atoms with Crippen molar-refractivity contribution in [1.29, 1.82) is 0 Å². The van der Waals surface area contributed by atoms with Gasteiger partial charge in [-0.05, 0) is 43.4 Å². The number of anilines is 1. The molecule has 0 bridgehead atoms. The Morgan fingerprint density at radius 2 is 1.79 bits per heavy atom. The maximum Gasteiger partial charge on any atom is 0.226 e. The lowest BCUT2D eigenvalue weighted by Gasteiger charge is -2.24. The van der Waals surface area contributed by atoms with Gasteiger partial charge in [0.2, 0.25) is 5.91 Å². The van der Waals surface area contributed by atoms with E-state index >= 15 is 0 Å². The molecule has 1 atom stereocenters. The number of ketones is 1. The van der Waals surface area contributed by atoms with Gasteiger partial charge in [0.1, 0.15) is 17.3 Å². The summed E-state index contributed by atoms with van der Waals surface area (Å²) in [6.07, 6.45) is 6.12. The molecule has 5 rings (SSSR count). The Bertz CT molecular complexity index is 1230. The zero-order valence-electron chi connectivity index (χ0n) is 18.4. The normalized spacial score (nSPS) is 18.6. The van der Waals surface area contributed by atoms with Gasteiger partial charge >= 0.3 is 0 Å². The number of aryl methyl sites for hydroxylation is 1. The number of benzene rings is 2. The monoisotopic (exact) mass is 449 g/mol. The zero-order valence-corrected chi connectivity index (χ0v) is 18.4. The van der Waals surface area contributed by atoms with Crippen LogP contribution in [0.3, 0.4) is 0 Å². The van der Waals surface area contributed by atoms with E-state index in [1.165, 1.54) is 48.4 Å². The number of hydrogen-bond acceptors (Lipinski definition) is 3. The predicted molar refractivity (Wildman–Crippen MR) is 121 cm³/mol. The van der Waals surface area contributed by atoms with Gasteiger partial charge in [-0.3, -0.25) is 9.59 Å². The molecule has 0 spiro atoms. The fraction of sp³-hybridized carbons (Fsp3) is 0.346. The molecule has 0 saturated heterocycles. The summed E-state index contributed by atoms with van der Waals surface area (Å²) >= 11 is 0. The molecule has 2 aliphatic rings. The standard InChI is InChI=1S/C26H25F2N3O2/c1-15-24-20(25(33)18-9-7-17(8-10-18)16-5-3-2-4-6-16)14-23(32)29-26(24)31(30-15)22-12-11-19(27)13-21(22)28/h7-13,16,20H,2-6,14H2,1H3,(H,29,32)/t20-/m0/s1. The minimum atomic E-state index is -0.804. The van der Waals surface area contributed by atoms with Crippen molar-refractivity contribution in [3.8, 4) is 5.69 Å². The van der Waals surface area contributed by atoms with Gasteiger partial charge < -0.3 is 5.32 Å². The quantitative estimate of drug-likeness (QED) is 0.511. The molecule has 2 aromatic carbocycles. The van der Waals surface area contributed by atoms with Crippen molar-refractivity contribution in [2.24, 2.45) is 0 Å². The van der Waals surface area contributed by atoms with Gasteiger partial charge in [0.15, 0.2) is 11.6 Å². The van der Waals surface area contributed by atoms with Crippen LogP contribution in [0.5, 0.6) is 0 Å². The Morgan fingerprint density at radius 3 is 2.48 bits per heavy atom. The molecule has 1 aromatic heterocycles. The van der Waals surface area contributed by atoms with Crippen molar-refractivity contribution in [3.05, 3.63) is 76.5 Å². The van der Waals surface area contributed by atoms with Crippen LogP contribution in [-0.4, -0.2) is 21.5 Å². The third kappa shape index (κ3) is 3.96. The second-order valence-corrected chi connectivity index (χ2v) is 8.98. The summed E-state index contributed by atoms with van der Waals surface area (Å²) in [6.45, 7) is 1.72. The second-order valence-electron chi connectivity index (χ2n) is 8.98. The number of fused-ring (bicyclic) bond motifs is 1. The van der Waals surface area contributed by atoms with Crippen molar-refractivity contribution in [2.45, 2.75) is 57.3 Å². The van der Waals surface area contributed by atoms with Crippen molar-refractivity contribution >= 4 is 17.5 Å². The molecule has 3 aromatic rings. The van der Waals surface area contributed by atoms with Gasteiger partial charge in [0.25, 0.3) is 0 Å². The summed E-state index contributed by atoms with van der Waals surface area (Å²) in [5.41, 5.74) is 2.89. The smallest absolute Gasteiger partial charge is 0.226 e. The van der Waals surface area contributed by atoms with Crippen molar-refractivity contribution < 1.29 is 18.4 Å². The third-order valence-electron chi connectivity index (χ3n) is 6.83. The van der Waals surface area contributed by atoms with Crippen molar-refractivity contribution in [2.75, 3.05) is 5.32 Å². The van der Waals surface area contributed by atoms with E-state index in [1.807, 2.05) is 24.3 Å². The second kappa shape index (κ2) is 8.54. The predicted octanol–water partition coefficient (Wildman–Crippen LogP) is 5.82. The van der Waals surface area contributed by atoms with E-state index in [0.717, 1.165) is 12.1 Å². The summed E-state index contributed by atoms with van der Waals surface area (Å²) in [6, 6.07) is 10.9. The van der Waals surface area contributed by atoms with Crippen LogP contribution >= 0.6 is 0 Å². The lowest BCUT2D eigenvalue weighted by Crippen LogP contribution is -2.28. The maximum absolute atomic E-state index is 14.4. The molecule has 0 unspecified atom stereocenters. The number of hydrogen-bond donors (Lipinski definition) is 1. The number of nitrogens with one attached hydrogen (secondary N) is 1. The number of carbonyl (C=O) groups excluding carboxylic acids is 2. The minimum absolute atomic E-state index is 0.00531. The number of nitrogens with zero attached hydrogens (tertiary/aromatic N) is 2. The summed E-state index contributed by atoms with van der Waals surface area (Å²) < 4.78 is 29.1. The number of Topliss-reactive ketones (excluding diaryl/α,β-unsaturated/α-hetero) is 1. The van der Waals surface area contributed by atoms with Crippen LogP contribution in [0.2, 0.25) is 0 Å². The van der Waals surface area contributed by atoms with E-state index in [1.54, 1.807) is 6.92 Å². The van der Waals surface area contributed by atoms with E-state index in [0.29, 0.717) is 22.7 Å². The first-order valence-corrected chi connectivity index (χ1v) is 11.4. The van der Waals surface area contributed by atoms with E-state index < -0.39 is 17.6 Å². The first kappa shape index (κ1) is 21.5. The summed E-state index contributed by atoms with van der Waals surface area (Å²) in [7, 11) is 0. The van der Waals surface area contributed by atoms with E-state index in [9.17, 15) is 18.4 Å². The van der Waals surface area contributed by atoms with Crippen LogP contribution in [0.15, 0.2) is 42.5 Å². The molecule has 5 nitrogen and oxygen atoms in total. The van der Waals surface area contributed by atoms with E-state index in [4.69, 9.17) is 0 Å². The average molecular weight is 450 g/mol. The Labute approximate surface area is 190 Å². The lowest BCUT2D eigenvalue weighted by molar-refractivity contribution is -0.116. The Morgan fingerprint density at radius 1 is 1.06 bits per heavy atom. The molecule has 7 heteroatoms. The highest BCUT2D eigenvalue weighted by Gasteiger charge is 2.36. The van der Waals surface area contributed by atoms with Crippen LogP contribution in [0.4, 0.5) is 14.6 Å². The summed E-state index contributed by atoms with van der Waals surface area (Å²) in [5, 5.41) is 7.10. The van der Waals surface area contributed by atoms with Gasteiger partial charge in [-0.25, -0.2) is 13.5 Å². The Hall–Kier alpha value is -3.35. The molecule has 1 aliphatic carbocycles. The van der Waals surface area contributed by atoms with Gasteiger partial charge in [0, 0.05) is 23.6 Å². The van der Waals surface area contributed by atoms with Crippen molar-refractivity contribution in [3.63, 3.8) is 0 Å². The van der Waals surface area contributed by atoms with Gasteiger partial charge in [-0.2, -0.15) is 5.10 Å². The molecular formula is C26H25F2N3O2. The van der Waals surface area contributed by atoms with Crippen molar-refractivity contribution in [1.82, 2.24) is 9.78 Å². The van der Waals surface area contributed by atoms with Crippen LogP contribution in [0, 0.1) is 18.6 Å². The van der Waals surface area contributed by atoms with Crippen LogP contribution in [0.25, 0.3) is 5.69 Å². The van der Waals surface area contributed by atoms with Crippen LogP contribution in [0.1, 0.15) is 77.5 Å². The lowest BCUT2D eigenvalue weighted by atomic mass is 9.82. The zero-order chi connectivity index (χ0) is 23.1.